The average molecular weight is 482 g/mol. The molecular formula is C25H28ClN5O3. The summed E-state index contributed by atoms with van der Waals surface area (Å²) >= 11 is 6.35. The van der Waals surface area contributed by atoms with E-state index in [4.69, 9.17) is 16.3 Å². The average Bonchev–Trinajstić information content (AvgIpc) is 3.24. The predicted molar refractivity (Wildman–Crippen MR) is 133 cm³/mol. The van der Waals surface area contributed by atoms with Crippen LogP contribution < -0.4 is 10.2 Å². The van der Waals surface area contributed by atoms with Gasteiger partial charge in [0.25, 0.3) is 5.91 Å². The number of benzene rings is 2. The summed E-state index contributed by atoms with van der Waals surface area (Å²) < 4.78 is 6.97. The molecule has 1 aliphatic heterocycles. The number of morpholine rings is 1. The molecule has 8 nitrogen and oxygen atoms in total. The molecule has 1 aromatic heterocycles. The Balaban J connectivity index is 1.44. The van der Waals surface area contributed by atoms with Crippen molar-refractivity contribution in [2.45, 2.75) is 6.92 Å². The second-order valence-electron chi connectivity index (χ2n) is 8.06. The van der Waals surface area contributed by atoms with Crippen molar-refractivity contribution in [3.63, 3.8) is 0 Å². The van der Waals surface area contributed by atoms with E-state index in [2.05, 4.69) is 15.3 Å². The quantitative estimate of drug-likeness (QED) is 0.557. The first-order valence-corrected chi connectivity index (χ1v) is 11.6. The molecule has 0 spiro atoms. The van der Waals surface area contributed by atoms with Crippen molar-refractivity contribution < 1.29 is 14.3 Å². The monoisotopic (exact) mass is 481 g/mol. The summed E-state index contributed by atoms with van der Waals surface area (Å²) in [4.78, 5) is 29.8. The highest BCUT2D eigenvalue weighted by Gasteiger charge is 2.24. The number of carbonyl (C=O) groups excluding carboxylic acids is 2. The number of halogens is 1. The van der Waals surface area contributed by atoms with E-state index in [0.717, 1.165) is 18.8 Å². The number of likely N-dealkylation sites (N-methyl/N-ethyl adjacent to an activating group) is 1. The number of amides is 2. The molecule has 2 amide bonds. The number of nitrogens with one attached hydrogen (secondary N) is 1. The molecule has 0 bridgehead atoms. The minimum Gasteiger partial charge on any atom is -0.378 e. The maximum absolute atomic E-state index is 13.3. The number of nitrogens with zero attached hydrogens (tertiary/aromatic N) is 4. The van der Waals surface area contributed by atoms with Gasteiger partial charge in [0.2, 0.25) is 5.91 Å². The van der Waals surface area contributed by atoms with Gasteiger partial charge in [-0.1, -0.05) is 29.8 Å². The first kappa shape index (κ1) is 23.8. The third kappa shape index (κ3) is 5.40. The second-order valence-corrected chi connectivity index (χ2v) is 8.47. The Bertz CT molecular complexity index is 1160. The fraction of sp³-hybridized carbons (Fsp3) is 0.320. The molecule has 2 aromatic carbocycles. The molecule has 0 saturated carbocycles. The number of aromatic nitrogens is 2. The number of ether oxygens (including phenoxy) is 1. The summed E-state index contributed by atoms with van der Waals surface area (Å²) in [5.74, 6) is -0.541. The van der Waals surface area contributed by atoms with E-state index in [0.29, 0.717) is 47.3 Å². The van der Waals surface area contributed by atoms with Gasteiger partial charge in [-0.3, -0.25) is 14.3 Å². The first-order chi connectivity index (χ1) is 16.5. The normalized spacial score (nSPS) is 13.6. The van der Waals surface area contributed by atoms with E-state index in [-0.39, 0.29) is 18.4 Å². The maximum Gasteiger partial charge on any atom is 0.258 e. The van der Waals surface area contributed by atoms with Gasteiger partial charge in [-0.2, -0.15) is 5.10 Å². The molecule has 1 saturated heterocycles. The van der Waals surface area contributed by atoms with E-state index in [1.165, 1.54) is 4.90 Å². The van der Waals surface area contributed by atoms with Crippen LogP contribution in [-0.4, -0.2) is 65.9 Å². The third-order valence-electron chi connectivity index (χ3n) is 5.72. The molecule has 3 aromatic rings. The Morgan fingerprint density at radius 1 is 1.12 bits per heavy atom. The van der Waals surface area contributed by atoms with Crippen molar-refractivity contribution in [2.75, 3.05) is 49.6 Å². The number of hydrogen-bond acceptors (Lipinski definition) is 5. The van der Waals surface area contributed by atoms with Gasteiger partial charge in [0.05, 0.1) is 23.8 Å². The van der Waals surface area contributed by atoms with Crippen LogP contribution in [0.3, 0.4) is 0 Å². The highest BCUT2D eigenvalue weighted by Crippen LogP contribution is 2.29. The van der Waals surface area contributed by atoms with Crippen molar-refractivity contribution >= 4 is 34.8 Å². The molecule has 178 valence electrons. The lowest BCUT2D eigenvalue weighted by atomic mass is 10.1. The highest BCUT2D eigenvalue weighted by atomic mass is 35.5. The van der Waals surface area contributed by atoms with Crippen LogP contribution in [0.15, 0.2) is 54.7 Å². The molecule has 1 aliphatic rings. The lowest BCUT2D eigenvalue weighted by Gasteiger charge is -2.29. The smallest absolute Gasteiger partial charge is 0.258 e. The molecule has 1 fully saturated rings. The van der Waals surface area contributed by atoms with Gasteiger partial charge in [-0.25, -0.2) is 0 Å². The fourth-order valence-corrected chi connectivity index (χ4v) is 4.17. The third-order valence-corrected chi connectivity index (χ3v) is 6.05. The minimum atomic E-state index is -0.275. The number of rotatable bonds is 7. The molecule has 0 aliphatic carbocycles. The number of hydrogen-bond donors (Lipinski definition) is 1. The predicted octanol–water partition coefficient (Wildman–Crippen LogP) is 3.68. The van der Waals surface area contributed by atoms with Gasteiger partial charge < -0.3 is 19.9 Å². The van der Waals surface area contributed by atoms with Crippen LogP contribution in [0.1, 0.15) is 17.3 Å². The van der Waals surface area contributed by atoms with Crippen LogP contribution in [0.4, 0.5) is 11.4 Å². The van der Waals surface area contributed by atoms with Crippen molar-refractivity contribution in [2.24, 2.45) is 7.05 Å². The molecule has 0 unspecified atom stereocenters. The van der Waals surface area contributed by atoms with E-state index in [1.54, 1.807) is 24.0 Å². The van der Waals surface area contributed by atoms with Crippen LogP contribution in [0.5, 0.6) is 0 Å². The van der Waals surface area contributed by atoms with E-state index < -0.39 is 0 Å². The molecule has 9 heteroatoms. The largest absolute Gasteiger partial charge is 0.378 e. The van der Waals surface area contributed by atoms with Gasteiger partial charge in [0.1, 0.15) is 12.2 Å². The number of carbonyl (C=O) groups is 2. The Labute approximate surface area is 204 Å². The van der Waals surface area contributed by atoms with Crippen LogP contribution in [-0.2, 0) is 16.6 Å². The maximum atomic E-state index is 13.3. The Morgan fingerprint density at radius 2 is 1.82 bits per heavy atom. The van der Waals surface area contributed by atoms with Crippen LogP contribution in [0.2, 0.25) is 5.02 Å². The SMILES string of the molecule is CCN(CC(=O)Nc1ccc(N2CCOCC2)cc1)C(=O)c1cn(C)nc1-c1ccccc1Cl. The van der Waals surface area contributed by atoms with Gasteiger partial charge in [0.15, 0.2) is 0 Å². The standard InChI is InChI=1S/C25H28ClN5O3/c1-3-30(25(33)21-16-29(2)28-24(21)20-6-4-5-7-22(20)26)17-23(32)27-18-8-10-19(11-9-18)31-12-14-34-15-13-31/h4-11,16H,3,12-15,17H2,1-2H3,(H,27,32). The lowest BCUT2D eigenvalue weighted by molar-refractivity contribution is -0.116. The Hall–Kier alpha value is -3.36. The summed E-state index contributed by atoms with van der Waals surface area (Å²) in [7, 11) is 1.75. The van der Waals surface area contributed by atoms with Crippen LogP contribution in [0, 0.1) is 0 Å². The molecule has 0 atom stereocenters. The zero-order chi connectivity index (χ0) is 24.1. The van der Waals surface area contributed by atoms with E-state index in [1.807, 2.05) is 49.4 Å². The van der Waals surface area contributed by atoms with E-state index in [9.17, 15) is 9.59 Å². The molecule has 0 radical (unpaired) electrons. The number of aryl methyl sites for hydroxylation is 1. The van der Waals surface area contributed by atoms with Crippen molar-refractivity contribution in [3.05, 3.63) is 65.3 Å². The van der Waals surface area contributed by atoms with Crippen LogP contribution >= 0.6 is 11.6 Å². The van der Waals surface area contributed by atoms with Crippen molar-refractivity contribution in [3.8, 4) is 11.3 Å². The summed E-state index contributed by atoms with van der Waals surface area (Å²) in [6, 6.07) is 15.0. The van der Waals surface area contributed by atoms with Crippen LogP contribution in [0.25, 0.3) is 11.3 Å². The van der Waals surface area contributed by atoms with Gasteiger partial charge in [0, 0.05) is 49.8 Å². The van der Waals surface area contributed by atoms with E-state index >= 15 is 0 Å². The zero-order valence-electron chi connectivity index (χ0n) is 19.3. The molecular weight excluding hydrogens is 454 g/mol. The van der Waals surface area contributed by atoms with Crippen molar-refractivity contribution in [1.29, 1.82) is 0 Å². The summed E-state index contributed by atoms with van der Waals surface area (Å²) in [5.41, 5.74) is 3.35. The molecule has 1 N–H and O–H groups in total. The number of anilines is 2. The second kappa shape index (κ2) is 10.7. The van der Waals surface area contributed by atoms with Gasteiger partial charge in [-0.15, -0.1) is 0 Å². The zero-order valence-corrected chi connectivity index (χ0v) is 20.1. The van der Waals surface area contributed by atoms with Gasteiger partial charge in [-0.05, 0) is 37.3 Å². The molecule has 4 rings (SSSR count). The first-order valence-electron chi connectivity index (χ1n) is 11.3. The molecule has 34 heavy (non-hydrogen) atoms. The summed E-state index contributed by atoms with van der Waals surface area (Å²) in [6.45, 7) is 5.28. The Kier molecular flexibility index (Phi) is 7.49. The van der Waals surface area contributed by atoms with Gasteiger partial charge >= 0.3 is 0 Å². The summed E-state index contributed by atoms with van der Waals surface area (Å²) in [5, 5.41) is 7.84. The van der Waals surface area contributed by atoms with Crippen molar-refractivity contribution in [1.82, 2.24) is 14.7 Å². The molecule has 2 heterocycles. The fourth-order valence-electron chi connectivity index (χ4n) is 3.95. The highest BCUT2D eigenvalue weighted by molar-refractivity contribution is 6.33. The lowest BCUT2D eigenvalue weighted by Crippen LogP contribution is -2.38. The topological polar surface area (TPSA) is 79.7 Å². The summed E-state index contributed by atoms with van der Waals surface area (Å²) in [6.07, 6.45) is 1.66. The Morgan fingerprint density at radius 3 is 2.50 bits per heavy atom. The minimum absolute atomic E-state index is 0.0720.